The summed E-state index contributed by atoms with van der Waals surface area (Å²) in [5.41, 5.74) is 8.83. The van der Waals surface area contributed by atoms with Crippen molar-refractivity contribution < 1.29 is 4.79 Å². The molecule has 1 aromatic rings. The molecule has 1 unspecified atom stereocenters. The van der Waals surface area contributed by atoms with Crippen LogP contribution in [0.5, 0.6) is 0 Å². The van der Waals surface area contributed by atoms with Crippen LogP contribution in [0.2, 0.25) is 0 Å². The van der Waals surface area contributed by atoms with Gasteiger partial charge < -0.3 is 5.32 Å². The normalized spacial score (nSPS) is 11.3. The average Bonchev–Trinajstić information content (AvgIpc) is 2.22. The number of halogens is 1. The number of carbonyl (C=O) groups is 1. The van der Waals surface area contributed by atoms with Gasteiger partial charge in [0.15, 0.2) is 0 Å². The number of rotatable bonds is 3. The van der Waals surface area contributed by atoms with Gasteiger partial charge in [-0.1, -0.05) is 21.0 Å². The van der Waals surface area contributed by atoms with Crippen molar-refractivity contribution in [1.82, 2.24) is 0 Å². The zero-order valence-electron chi connectivity index (χ0n) is 8.01. The second-order valence-corrected chi connectivity index (χ2v) is 3.79. The molecule has 0 fully saturated rings. The van der Waals surface area contributed by atoms with Crippen LogP contribution in [0.15, 0.2) is 33.9 Å². The number of azide groups is 1. The van der Waals surface area contributed by atoms with Crippen molar-refractivity contribution in [3.8, 4) is 0 Å². The molecule has 0 radical (unpaired) electrons. The molecule has 5 nitrogen and oxygen atoms in total. The van der Waals surface area contributed by atoms with E-state index >= 15 is 0 Å². The fourth-order valence-electron chi connectivity index (χ4n) is 0.910. The molecule has 0 aliphatic carbocycles. The van der Waals surface area contributed by atoms with E-state index in [2.05, 4.69) is 31.3 Å². The highest BCUT2D eigenvalue weighted by atomic mass is 79.9. The maximum atomic E-state index is 11.4. The molecule has 1 aromatic carbocycles. The predicted molar refractivity (Wildman–Crippen MR) is 61.4 cm³/mol. The summed E-state index contributed by atoms with van der Waals surface area (Å²) in [5.74, 6) is -0.324. The minimum Gasteiger partial charge on any atom is -0.326 e. The van der Waals surface area contributed by atoms with E-state index in [0.717, 1.165) is 4.47 Å². The minimum atomic E-state index is -0.710. The van der Waals surface area contributed by atoms with Gasteiger partial charge in [-0.25, -0.2) is 0 Å². The maximum Gasteiger partial charge on any atom is 0.233 e. The van der Waals surface area contributed by atoms with Gasteiger partial charge in [0.2, 0.25) is 5.91 Å². The second kappa shape index (κ2) is 5.38. The Morgan fingerprint density at radius 1 is 1.53 bits per heavy atom. The number of amides is 1. The summed E-state index contributed by atoms with van der Waals surface area (Å²) in [6.45, 7) is 1.54. The summed E-state index contributed by atoms with van der Waals surface area (Å²) in [4.78, 5) is 14.0. The molecule has 15 heavy (non-hydrogen) atoms. The van der Waals surface area contributed by atoms with Crippen LogP contribution < -0.4 is 5.32 Å². The average molecular weight is 269 g/mol. The van der Waals surface area contributed by atoms with Gasteiger partial charge in [-0.3, -0.25) is 4.79 Å². The van der Waals surface area contributed by atoms with Crippen molar-refractivity contribution in [2.24, 2.45) is 5.11 Å². The largest absolute Gasteiger partial charge is 0.326 e. The smallest absolute Gasteiger partial charge is 0.233 e. The molecule has 0 heterocycles. The Kier molecular flexibility index (Phi) is 4.15. The summed E-state index contributed by atoms with van der Waals surface area (Å²) in [6, 6.07) is 6.43. The molecular formula is C9H9BrN4O. The monoisotopic (exact) mass is 268 g/mol. The molecule has 0 saturated heterocycles. The van der Waals surface area contributed by atoms with E-state index in [-0.39, 0.29) is 5.91 Å². The van der Waals surface area contributed by atoms with Crippen molar-refractivity contribution in [1.29, 1.82) is 0 Å². The summed E-state index contributed by atoms with van der Waals surface area (Å²) in [5, 5.41) is 5.93. The lowest BCUT2D eigenvalue weighted by Gasteiger charge is -2.06. The Hall–Kier alpha value is -1.52. The number of benzene rings is 1. The van der Waals surface area contributed by atoms with E-state index in [1.54, 1.807) is 12.1 Å². The molecule has 1 rings (SSSR count). The van der Waals surface area contributed by atoms with E-state index in [0.29, 0.717) is 5.69 Å². The van der Waals surface area contributed by atoms with E-state index in [9.17, 15) is 4.79 Å². The van der Waals surface area contributed by atoms with Crippen molar-refractivity contribution in [2.75, 3.05) is 5.32 Å². The molecule has 0 spiro atoms. The van der Waals surface area contributed by atoms with Crippen LogP contribution in [0.3, 0.4) is 0 Å². The number of carbonyl (C=O) groups excluding carboxylic acids is 1. The molecule has 0 bridgehead atoms. The third-order valence-electron chi connectivity index (χ3n) is 1.72. The highest BCUT2D eigenvalue weighted by Gasteiger charge is 2.10. The van der Waals surface area contributed by atoms with E-state index in [1.807, 2.05) is 12.1 Å². The lowest BCUT2D eigenvalue weighted by Crippen LogP contribution is -2.22. The maximum absolute atomic E-state index is 11.4. The number of anilines is 1. The lowest BCUT2D eigenvalue weighted by molar-refractivity contribution is -0.117. The lowest BCUT2D eigenvalue weighted by atomic mass is 10.3. The van der Waals surface area contributed by atoms with Crippen LogP contribution >= 0.6 is 15.9 Å². The topological polar surface area (TPSA) is 77.9 Å². The first kappa shape index (κ1) is 11.6. The standard InChI is InChI=1S/C9H9BrN4O/c1-6(13-14-11)9(15)12-8-4-2-7(10)3-5-8/h2-6H,1H3,(H,12,15). The van der Waals surface area contributed by atoms with Gasteiger partial charge in [0.1, 0.15) is 6.04 Å². The molecule has 0 aliphatic heterocycles. The molecular weight excluding hydrogens is 260 g/mol. The van der Waals surface area contributed by atoms with Gasteiger partial charge in [-0.05, 0) is 36.7 Å². The second-order valence-electron chi connectivity index (χ2n) is 2.88. The molecule has 0 aliphatic rings. The fraction of sp³-hybridized carbons (Fsp3) is 0.222. The molecule has 1 N–H and O–H groups in total. The number of nitrogens with zero attached hydrogens (tertiary/aromatic N) is 3. The van der Waals surface area contributed by atoms with Crippen molar-refractivity contribution in [2.45, 2.75) is 13.0 Å². The van der Waals surface area contributed by atoms with Gasteiger partial charge in [0, 0.05) is 15.1 Å². The fourth-order valence-corrected chi connectivity index (χ4v) is 1.17. The van der Waals surface area contributed by atoms with E-state index in [1.165, 1.54) is 6.92 Å². The van der Waals surface area contributed by atoms with Crippen LogP contribution in [0.25, 0.3) is 10.4 Å². The van der Waals surface area contributed by atoms with Gasteiger partial charge in [0.25, 0.3) is 0 Å². The number of hydrogen-bond donors (Lipinski definition) is 1. The highest BCUT2D eigenvalue weighted by Crippen LogP contribution is 2.14. The number of nitrogens with one attached hydrogen (secondary N) is 1. The highest BCUT2D eigenvalue weighted by molar-refractivity contribution is 9.10. The van der Waals surface area contributed by atoms with Crippen LogP contribution in [0, 0.1) is 0 Å². The summed E-state index contributed by atoms with van der Waals surface area (Å²) in [7, 11) is 0. The van der Waals surface area contributed by atoms with Crippen LogP contribution in [-0.4, -0.2) is 11.9 Å². The number of hydrogen-bond acceptors (Lipinski definition) is 2. The minimum absolute atomic E-state index is 0.324. The molecule has 0 saturated carbocycles. The van der Waals surface area contributed by atoms with E-state index < -0.39 is 6.04 Å². The zero-order valence-corrected chi connectivity index (χ0v) is 9.60. The summed E-state index contributed by atoms with van der Waals surface area (Å²) < 4.78 is 0.934. The van der Waals surface area contributed by atoms with Crippen molar-refractivity contribution in [3.05, 3.63) is 39.2 Å². The summed E-state index contributed by atoms with van der Waals surface area (Å²) >= 11 is 3.29. The molecule has 78 valence electrons. The Balaban J connectivity index is 2.66. The Morgan fingerprint density at radius 3 is 2.67 bits per heavy atom. The molecule has 0 aromatic heterocycles. The quantitative estimate of drug-likeness (QED) is 0.510. The van der Waals surface area contributed by atoms with Crippen LogP contribution in [0.1, 0.15) is 6.92 Å². The first-order valence-corrected chi connectivity index (χ1v) is 5.03. The van der Waals surface area contributed by atoms with Gasteiger partial charge in [-0.2, -0.15) is 0 Å². The Labute approximate surface area is 95.2 Å². The van der Waals surface area contributed by atoms with Crippen LogP contribution in [-0.2, 0) is 4.79 Å². The SMILES string of the molecule is CC(N=[N+]=[N-])C(=O)Nc1ccc(Br)cc1. The summed E-state index contributed by atoms with van der Waals surface area (Å²) in [6.07, 6.45) is 0. The first-order valence-electron chi connectivity index (χ1n) is 4.24. The zero-order chi connectivity index (χ0) is 11.3. The third-order valence-corrected chi connectivity index (χ3v) is 2.24. The van der Waals surface area contributed by atoms with Crippen LogP contribution in [0.4, 0.5) is 5.69 Å². The predicted octanol–water partition coefficient (Wildman–Crippen LogP) is 3.09. The van der Waals surface area contributed by atoms with Crippen molar-refractivity contribution in [3.63, 3.8) is 0 Å². The third kappa shape index (κ3) is 3.61. The van der Waals surface area contributed by atoms with Gasteiger partial charge in [0.05, 0.1) is 0 Å². The molecule has 1 amide bonds. The van der Waals surface area contributed by atoms with Gasteiger partial charge in [-0.15, -0.1) is 0 Å². The van der Waals surface area contributed by atoms with Crippen molar-refractivity contribution >= 4 is 27.5 Å². The Bertz CT molecular complexity index is 397. The molecule has 6 heteroatoms. The van der Waals surface area contributed by atoms with Gasteiger partial charge >= 0.3 is 0 Å². The molecule has 1 atom stereocenters. The Morgan fingerprint density at radius 2 is 2.13 bits per heavy atom. The van der Waals surface area contributed by atoms with E-state index in [4.69, 9.17) is 5.53 Å². The first-order chi connectivity index (χ1) is 7.13.